The summed E-state index contributed by atoms with van der Waals surface area (Å²) >= 11 is 0. The normalized spacial score (nSPS) is 15.8. The summed E-state index contributed by atoms with van der Waals surface area (Å²) in [6.45, 7) is 10.1. The minimum Gasteiger partial charge on any atom is -0.479 e. The summed E-state index contributed by atoms with van der Waals surface area (Å²) in [5.74, 6) is 5.16. The molecule has 6 aromatic heterocycles. The molecule has 0 spiro atoms. The average molecular weight is 853 g/mol. The van der Waals surface area contributed by atoms with E-state index in [1.54, 1.807) is 26.9 Å². The molecule has 64 heavy (non-hydrogen) atoms. The SMILES string of the molecule is COc1nc(/C=C/c2nc3n(n2)CCC[C@@H]3c2ccccc2C)ccc1-n1cnc(C)c1.COc1nc(/C=C/c2nc3n(n2)CCC[C@H]3c2ccccc2C)ccc1-n1cnc(C)c1. The van der Waals surface area contributed by atoms with Gasteiger partial charge in [-0.1, -0.05) is 48.5 Å². The smallest absolute Gasteiger partial charge is 0.238 e. The molecule has 0 amide bonds. The van der Waals surface area contributed by atoms with Crippen molar-refractivity contribution >= 4 is 24.3 Å². The highest BCUT2D eigenvalue weighted by atomic mass is 16.5. The first-order valence-corrected chi connectivity index (χ1v) is 21.7. The van der Waals surface area contributed by atoms with Gasteiger partial charge in [0.05, 0.1) is 49.6 Å². The second kappa shape index (κ2) is 18.5. The lowest BCUT2D eigenvalue weighted by molar-refractivity contribution is 0.395. The van der Waals surface area contributed by atoms with Gasteiger partial charge in [0.15, 0.2) is 11.6 Å². The summed E-state index contributed by atoms with van der Waals surface area (Å²) < 4.78 is 19.0. The van der Waals surface area contributed by atoms with Crippen LogP contribution in [0.25, 0.3) is 35.7 Å². The van der Waals surface area contributed by atoms with Gasteiger partial charge in [-0.05, 0) is 124 Å². The molecule has 0 aliphatic carbocycles. The van der Waals surface area contributed by atoms with E-state index < -0.39 is 0 Å². The molecule has 0 unspecified atom stereocenters. The second-order valence-corrected chi connectivity index (χ2v) is 16.2. The number of aromatic nitrogens is 12. The Morgan fingerprint density at radius 1 is 0.531 bits per heavy atom. The summed E-state index contributed by atoms with van der Waals surface area (Å²) in [4.78, 5) is 27.6. The van der Waals surface area contributed by atoms with Crippen LogP contribution in [0.4, 0.5) is 0 Å². The van der Waals surface area contributed by atoms with Gasteiger partial charge in [0.2, 0.25) is 11.8 Å². The molecule has 0 bridgehead atoms. The van der Waals surface area contributed by atoms with Gasteiger partial charge in [0.1, 0.15) is 23.0 Å². The van der Waals surface area contributed by atoms with Crippen molar-refractivity contribution in [3.8, 4) is 23.1 Å². The van der Waals surface area contributed by atoms with Crippen molar-refractivity contribution in [2.75, 3.05) is 14.2 Å². The topological polar surface area (TPSA) is 141 Å². The Labute approximate surface area is 373 Å². The van der Waals surface area contributed by atoms with Gasteiger partial charge in [0, 0.05) is 37.3 Å². The summed E-state index contributed by atoms with van der Waals surface area (Å²) in [6.07, 6.45) is 19.5. The molecule has 0 fully saturated rings. The van der Waals surface area contributed by atoms with Crippen LogP contribution in [-0.4, -0.2) is 72.8 Å². The molecule has 0 saturated carbocycles. The van der Waals surface area contributed by atoms with E-state index >= 15 is 0 Å². The number of hydrogen-bond acceptors (Lipinski definition) is 10. The molecule has 10 rings (SSSR count). The van der Waals surface area contributed by atoms with Gasteiger partial charge >= 0.3 is 0 Å². The van der Waals surface area contributed by atoms with Crippen molar-refractivity contribution in [1.29, 1.82) is 0 Å². The number of fused-ring (bicyclic) bond motifs is 2. The van der Waals surface area contributed by atoms with Crippen molar-refractivity contribution in [2.24, 2.45) is 0 Å². The Bertz CT molecular complexity index is 2770. The summed E-state index contributed by atoms with van der Waals surface area (Å²) in [5, 5.41) is 9.46. The predicted octanol–water partition coefficient (Wildman–Crippen LogP) is 9.16. The van der Waals surface area contributed by atoms with Gasteiger partial charge in [-0.25, -0.2) is 39.3 Å². The van der Waals surface area contributed by atoms with Gasteiger partial charge in [0.25, 0.3) is 0 Å². The van der Waals surface area contributed by atoms with Crippen LogP contribution < -0.4 is 9.47 Å². The molecule has 14 nitrogen and oxygen atoms in total. The quantitative estimate of drug-likeness (QED) is 0.131. The number of methoxy groups -OCH3 is 2. The van der Waals surface area contributed by atoms with E-state index in [4.69, 9.17) is 29.6 Å². The fourth-order valence-corrected chi connectivity index (χ4v) is 8.62. The molecule has 0 saturated heterocycles. The van der Waals surface area contributed by atoms with E-state index in [0.717, 1.165) is 84.6 Å². The van der Waals surface area contributed by atoms with Gasteiger partial charge in [-0.3, -0.25) is 0 Å². The lowest BCUT2D eigenvalue weighted by Crippen LogP contribution is -2.18. The number of benzene rings is 2. The van der Waals surface area contributed by atoms with Crippen LogP contribution in [0.1, 0.15) is 106 Å². The Balaban J connectivity index is 0.000000162. The summed E-state index contributed by atoms with van der Waals surface area (Å²) in [5.41, 5.74) is 10.4. The van der Waals surface area contributed by atoms with Gasteiger partial charge in [-0.15, -0.1) is 0 Å². The van der Waals surface area contributed by atoms with Crippen LogP contribution in [0.2, 0.25) is 0 Å². The molecule has 14 heteroatoms. The molecule has 2 aliphatic rings. The molecule has 0 N–H and O–H groups in total. The Hall–Kier alpha value is -7.48. The van der Waals surface area contributed by atoms with Crippen molar-refractivity contribution in [3.63, 3.8) is 0 Å². The standard InChI is InChI=1S/2C25H26N6O/c2*1-17-7-4-5-8-20(17)21-9-6-14-31-24(21)28-23(29-31)13-11-19-10-12-22(25(27-19)32-3)30-15-18(2)26-16-30/h2*4-5,7-8,10-13,15-16,21H,6,9,14H2,1-3H3/b2*13-11+/t2*21-/m10/s1. The van der Waals surface area contributed by atoms with E-state index in [1.165, 1.54) is 22.3 Å². The predicted molar refractivity (Wildman–Crippen MR) is 248 cm³/mol. The van der Waals surface area contributed by atoms with Crippen molar-refractivity contribution in [2.45, 2.75) is 78.3 Å². The maximum Gasteiger partial charge on any atom is 0.238 e. The second-order valence-electron chi connectivity index (χ2n) is 16.2. The number of ether oxygens (including phenoxy) is 2. The molecular formula is C50H52N12O2. The number of nitrogens with zero attached hydrogens (tertiary/aromatic N) is 12. The number of pyridine rings is 2. The minimum absolute atomic E-state index is 0.288. The molecular weight excluding hydrogens is 801 g/mol. The van der Waals surface area contributed by atoms with Crippen LogP contribution in [-0.2, 0) is 13.1 Å². The third-order valence-electron chi connectivity index (χ3n) is 11.8. The fourth-order valence-electron chi connectivity index (χ4n) is 8.62. The monoisotopic (exact) mass is 852 g/mol. The van der Waals surface area contributed by atoms with Crippen molar-refractivity contribution in [3.05, 3.63) is 166 Å². The Kier molecular flexibility index (Phi) is 12.1. The lowest BCUT2D eigenvalue weighted by atomic mass is 9.88. The molecule has 2 aliphatic heterocycles. The van der Waals surface area contributed by atoms with Crippen LogP contribution in [0.5, 0.6) is 11.8 Å². The van der Waals surface area contributed by atoms with E-state index in [9.17, 15) is 0 Å². The number of imidazole rings is 2. The molecule has 0 radical (unpaired) electrons. The maximum absolute atomic E-state index is 5.51. The number of aryl methyl sites for hydroxylation is 6. The third-order valence-corrected chi connectivity index (χ3v) is 11.8. The molecule has 2 atom stereocenters. The zero-order chi connectivity index (χ0) is 44.2. The minimum atomic E-state index is 0.288. The van der Waals surface area contributed by atoms with Crippen LogP contribution in [0.3, 0.4) is 0 Å². The molecule has 2 aromatic carbocycles. The number of rotatable bonds is 10. The highest BCUT2D eigenvalue weighted by molar-refractivity contribution is 5.67. The largest absolute Gasteiger partial charge is 0.479 e. The fraction of sp³-hybridized carbons (Fsp3) is 0.280. The first-order chi connectivity index (χ1) is 31.2. The van der Waals surface area contributed by atoms with Crippen LogP contribution in [0, 0.1) is 27.7 Å². The van der Waals surface area contributed by atoms with Crippen LogP contribution in [0.15, 0.2) is 97.8 Å². The zero-order valence-corrected chi connectivity index (χ0v) is 37.1. The molecule has 324 valence electrons. The van der Waals surface area contributed by atoms with Gasteiger partial charge < -0.3 is 18.6 Å². The van der Waals surface area contributed by atoms with Crippen molar-refractivity contribution < 1.29 is 9.47 Å². The summed E-state index contributed by atoms with van der Waals surface area (Å²) in [6, 6.07) is 25.0. The Morgan fingerprint density at radius 2 is 0.969 bits per heavy atom. The van der Waals surface area contributed by atoms with E-state index in [1.807, 2.05) is 83.9 Å². The summed E-state index contributed by atoms with van der Waals surface area (Å²) in [7, 11) is 3.25. The highest BCUT2D eigenvalue weighted by Crippen LogP contribution is 2.35. The average Bonchev–Trinajstić information content (AvgIpc) is 4.14. The first-order valence-electron chi connectivity index (χ1n) is 21.7. The molecule has 8 aromatic rings. The van der Waals surface area contributed by atoms with Crippen LogP contribution >= 0.6 is 0 Å². The van der Waals surface area contributed by atoms with Gasteiger partial charge in [-0.2, -0.15) is 10.2 Å². The maximum atomic E-state index is 5.51. The molecule has 8 heterocycles. The zero-order valence-electron chi connectivity index (χ0n) is 37.1. The number of hydrogen-bond donors (Lipinski definition) is 0. The van der Waals surface area contributed by atoms with E-state index in [2.05, 4.69) is 91.7 Å². The van der Waals surface area contributed by atoms with E-state index in [-0.39, 0.29) is 11.8 Å². The first kappa shape index (κ1) is 41.9. The Morgan fingerprint density at radius 3 is 1.36 bits per heavy atom. The lowest BCUT2D eigenvalue weighted by Gasteiger charge is -2.23. The van der Waals surface area contributed by atoms with Crippen molar-refractivity contribution in [1.82, 2.24) is 58.6 Å². The highest BCUT2D eigenvalue weighted by Gasteiger charge is 2.27. The van der Waals surface area contributed by atoms with E-state index in [0.29, 0.717) is 23.4 Å². The third kappa shape index (κ3) is 8.89.